The Morgan fingerprint density at radius 2 is 1.77 bits per heavy atom. The molecule has 0 aromatic heterocycles. The van der Waals surface area contributed by atoms with Gasteiger partial charge in [-0.3, -0.25) is 4.79 Å². The van der Waals surface area contributed by atoms with Crippen molar-refractivity contribution in [1.82, 2.24) is 10.6 Å². The van der Waals surface area contributed by atoms with Gasteiger partial charge in [0.25, 0.3) is 0 Å². The molecule has 1 unspecified atom stereocenters. The van der Waals surface area contributed by atoms with Gasteiger partial charge in [-0.25, -0.2) is 0 Å². The van der Waals surface area contributed by atoms with E-state index in [1.54, 1.807) is 6.08 Å². The number of amides is 1. The highest BCUT2D eigenvalue weighted by Gasteiger charge is 2.32. The fraction of sp³-hybridized carbons (Fsp3) is 0.238. The Bertz CT molecular complexity index is 800. The molecular formula is C21H23N3OS. The molecule has 1 aliphatic carbocycles. The number of carbonyl (C=O) groups excluding carboxylic acids is 1. The van der Waals surface area contributed by atoms with E-state index in [0.29, 0.717) is 11.0 Å². The fourth-order valence-electron chi connectivity index (χ4n) is 2.65. The van der Waals surface area contributed by atoms with Crippen molar-refractivity contribution in [2.24, 2.45) is 5.92 Å². The highest BCUT2D eigenvalue weighted by atomic mass is 32.1. The standard InChI is InChI=1S/C21H23N3OS/c1-15-7-5-6-10-18(15)22-21(26)24-20(17-12-13-17)23-19(25)14-11-16-8-3-2-4-9-16/h2-11,14,17,20H,12-13H2,1H3,(H,23,25)(H2,22,24,26). The van der Waals surface area contributed by atoms with Crippen molar-refractivity contribution in [2.45, 2.75) is 25.9 Å². The van der Waals surface area contributed by atoms with Crippen LogP contribution in [0.15, 0.2) is 60.7 Å². The maximum absolute atomic E-state index is 12.3. The van der Waals surface area contributed by atoms with Gasteiger partial charge in [0.1, 0.15) is 6.17 Å². The number of benzene rings is 2. The summed E-state index contributed by atoms with van der Waals surface area (Å²) in [5, 5.41) is 9.98. The third-order valence-corrected chi connectivity index (χ3v) is 4.52. The van der Waals surface area contributed by atoms with Crippen LogP contribution in [0.4, 0.5) is 5.69 Å². The minimum absolute atomic E-state index is 0.128. The largest absolute Gasteiger partial charge is 0.342 e. The van der Waals surface area contributed by atoms with Gasteiger partial charge < -0.3 is 16.0 Å². The van der Waals surface area contributed by atoms with Crippen LogP contribution in [-0.4, -0.2) is 17.2 Å². The number of nitrogens with one attached hydrogen (secondary N) is 3. The molecule has 1 aliphatic rings. The van der Waals surface area contributed by atoms with Gasteiger partial charge in [0.2, 0.25) is 5.91 Å². The summed E-state index contributed by atoms with van der Waals surface area (Å²) in [5.74, 6) is 0.289. The van der Waals surface area contributed by atoms with Crippen LogP contribution in [0.1, 0.15) is 24.0 Å². The third-order valence-electron chi connectivity index (χ3n) is 4.30. The molecule has 0 radical (unpaired) electrons. The number of rotatable bonds is 6. The maximum Gasteiger partial charge on any atom is 0.245 e. The number of para-hydroxylation sites is 1. The molecule has 0 bridgehead atoms. The van der Waals surface area contributed by atoms with E-state index >= 15 is 0 Å². The summed E-state index contributed by atoms with van der Waals surface area (Å²) in [6.45, 7) is 2.03. The van der Waals surface area contributed by atoms with Gasteiger partial charge in [-0.05, 0) is 61.2 Å². The first-order chi connectivity index (χ1) is 12.6. The number of hydrogen-bond donors (Lipinski definition) is 3. The van der Waals surface area contributed by atoms with Crippen molar-refractivity contribution in [1.29, 1.82) is 0 Å². The lowest BCUT2D eigenvalue weighted by Gasteiger charge is -2.21. The van der Waals surface area contributed by atoms with E-state index in [2.05, 4.69) is 16.0 Å². The second-order valence-corrected chi connectivity index (χ2v) is 6.89. The lowest BCUT2D eigenvalue weighted by atomic mass is 10.2. The molecule has 0 heterocycles. The van der Waals surface area contributed by atoms with Gasteiger partial charge in [-0.15, -0.1) is 0 Å². The quantitative estimate of drug-likeness (QED) is 0.413. The van der Waals surface area contributed by atoms with Gasteiger partial charge >= 0.3 is 0 Å². The van der Waals surface area contributed by atoms with Crippen LogP contribution in [0.5, 0.6) is 0 Å². The number of thiocarbonyl (C=S) groups is 1. The summed E-state index contributed by atoms with van der Waals surface area (Å²) in [5.41, 5.74) is 3.08. The minimum Gasteiger partial charge on any atom is -0.342 e. The van der Waals surface area contributed by atoms with Gasteiger partial charge in [0.05, 0.1) is 0 Å². The smallest absolute Gasteiger partial charge is 0.245 e. The van der Waals surface area contributed by atoms with Crippen LogP contribution >= 0.6 is 12.2 Å². The van der Waals surface area contributed by atoms with Crippen LogP contribution < -0.4 is 16.0 Å². The predicted octanol–water partition coefficient (Wildman–Crippen LogP) is 3.85. The van der Waals surface area contributed by atoms with E-state index in [-0.39, 0.29) is 12.1 Å². The topological polar surface area (TPSA) is 53.2 Å². The van der Waals surface area contributed by atoms with Gasteiger partial charge in [0.15, 0.2) is 5.11 Å². The van der Waals surface area contributed by atoms with Crippen LogP contribution in [0.3, 0.4) is 0 Å². The molecule has 0 aliphatic heterocycles. The molecule has 2 aromatic carbocycles. The number of carbonyl (C=O) groups is 1. The summed E-state index contributed by atoms with van der Waals surface area (Å²) < 4.78 is 0. The molecular weight excluding hydrogens is 342 g/mol. The molecule has 4 nitrogen and oxygen atoms in total. The molecule has 0 saturated heterocycles. The average Bonchev–Trinajstić information content (AvgIpc) is 3.47. The first-order valence-corrected chi connectivity index (χ1v) is 9.19. The molecule has 3 rings (SSSR count). The highest BCUT2D eigenvalue weighted by molar-refractivity contribution is 7.80. The average molecular weight is 366 g/mol. The summed E-state index contributed by atoms with van der Waals surface area (Å²) >= 11 is 5.42. The van der Waals surface area contributed by atoms with Gasteiger partial charge in [-0.2, -0.15) is 0 Å². The molecule has 0 spiro atoms. The van der Waals surface area contributed by atoms with Gasteiger partial charge in [0, 0.05) is 11.8 Å². The molecule has 1 fully saturated rings. The Morgan fingerprint density at radius 3 is 2.46 bits per heavy atom. The molecule has 1 atom stereocenters. The zero-order valence-corrected chi connectivity index (χ0v) is 15.6. The molecule has 2 aromatic rings. The molecule has 1 amide bonds. The molecule has 1 saturated carbocycles. The first kappa shape index (κ1) is 18.1. The highest BCUT2D eigenvalue weighted by Crippen LogP contribution is 2.31. The Labute approximate surface area is 159 Å². The van der Waals surface area contributed by atoms with Crippen molar-refractivity contribution in [2.75, 3.05) is 5.32 Å². The van der Waals surface area contributed by atoms with E-state index in [0.717, 1.165) is 29.7 Å². The Morgan fingerprint density at radius 1 is 1.08 bits per heavy atom. The maximum atomic E-state index is 12.3. The summed E-state index contributed by atoms with van der Waals surface area (Å²) in [6, 6.07) is 17.7. The molecule has 134 valence electrons. The van der Waals surface area contributed by atoms with Crippen LogP contribution in [0.2, 0.25) is 0 Å². The summed E-state index contributed by atoms with van der Waals surface area (Å²) in [7, 11) is 0. The van der Waals surface area contributed by atoms with Crippen molar-refractivity contribution in [3.05, 3.63) is 71.8 Å². The lowest BCUT2D eigenvalue weighted by molar-refractivity contribution is -0.117. The Balaban J connectivity index is 1.55. The number of hydrogen-bond acceptors (Lipinski definition) is 2. The predicted molar refractivity (Wildman–Crippen MR) is 111 cm³/mol. The van der Waals surface area contributed by atoms with Crippen molar-refractivity contribution < 1.29 is 4.79 Å². The fourth-order valence-corrected chi connectivity index (χ4v) is 2.89. The number of aryl methyl sites for hydroxylation is 1. The monoisotopic (exact) mass is 365 g/mol. The van der Waals surface area contributed by atoms with E-state index in [1.165, 1.54) is 0 Å². The zero-order chi connectivity index (χ0) is 18.4. The van der Waals surface area contributed by atoms with Crippen LogP contribution in [-0.2, 0) is 4.79 Å². The molecule has 26 heavy (non-hydrogen) atoms. The summed E-state index contributed by atoms with van der Waals surface area (Å²) in [4.78, 5) is 12.3. The Hall–Kier alpha value is -2.66. The Kier molecular flexibility index (Phi) is 6.02. The summed E-state index contributed by atoms with van der Waals surface area (Å²) in [6.07, 6.45) is 5.39. The third kappa shape index (κ3) is 5.43. The second-order valence-electron chi connectivity index (χ2n) is 6.48. The van der Waals surface area contributed by atoms with E-state index in [9.17, 15) is 4.79 Å². The van der Waals surface area contributed by atoms with E-state index < -0.39 is 0 Å². The van der Waals surface area contributed by atoms with Gasteiger partial charge in [-0.1, -0.05) is 48.5 Å². The van der Waals surface area contributed by atoms with Crippen molar-refractivity contribution >= 4 is 35.0 Å². The number of anilines is 1. The van der Waals surface area contributed by atoms with E-state index in [1.807, 2.05) is 67.6 Å². The minimum atomic E-state index is -0.160. The van der Waals surface area contributed by atoms with Crippen molar-refractivity contribution in [3.8, 4) is 0 Å². The zero-order valence-electron chi connectivity index (χ0n) is 14.7. The van der Waals surface area contributed by atoms with Crippen LogP contribution in [0, 0.1) is 12.8 Å². The second kappa shape index (κ2) is 8.63. The lowest BCUT2D eigenvalue weighted by Crippen LogP contribution is -2.50. The normalized spacial score (nSPS) is 14.7. The van der Waals surface area contributed by atoms with Crippen LogP contribution in [0.25, 0.3) is 6.08 Å². The SMILES string of the molecule is Cc1ccccc1NC(=S)NC(NC(=O)C=Cc1ccccc1)C1CC1. The molecule has 5 heteroatoms. The first-order valence-electron chi connectivity index (χ1n) is 8.78. The molecule has 3 N–H and O–H groups in total. The van der Waals surface area contributed by atoms with Crippen molar-refractivity contribution in [3.63, 3.8) is 0 Å². The van der Waals surface area contributed by atoms with E-state index in [4.69, 9.17) is 12.2 Å².